The predicted octanol–water partition coefficient (Wildman–Crippen LogP) is 1.77. The second-order valence-electron chi connectivity index (χ2n) is 4.61. The summed E-state index contributed by atoms with van der Waals surface area (Å²) in [6.45, 7) is 2.55. The fraction of sp³-hybridized carbons (Fsp3) is 0.438. The molecule has 4 heteroatoms. The van der Waals surface area contributed by atoms with Gasteiger partial charge in [0.05, 0.1) is 19.6 Å². The van der Waals surface area contributed by atoms with Crippen molar-refractivity contribution in [3.05, 3.63) is 29.3 Å². The molecule has 0 saturated carbocycles. The summed E-state index contributed by atoms with van der Waals surface area (Å²) in [6, 6.07) is 8.05. The number of nitriles is 1. The van der Waals surface area contributed by atoms with E-state index in [4.69, 9.17) is 15.1 Å². The third-order valence-electron chi connectivity index (χ3n) is 3.15. The molecular formula is C16H20N2O2. The SMILES string of the molecule is COc1ccc(C#CCO)cc1CN(C)C(C)CC#N. The van der Waals surface area contributed by atoms with Crippen LogP contribution in [0, 0.1) is 23.2 Å². The maximum Gasteiger partial charge on any atom is 0.123 e. The minimum absolute atomic E-state index is 0.152. The Kier molecular flexibility index (Phi) is 6.59. The Balaban J connectivity index is 2.94. The van der Waals surface area contributed by atoms with Gasteiger partial charge in [0.2, 0.25) is 0 Å². The Morgan fingerprint density at radius 1 is 1.45 bits per heavy atom. The fourth-order valence-corrected chi connectivity index (χ4v) is 1.83. The fourth-order valence-electron chi connectivity index (χ4n) is 1.83. The molecule has 1 rings (SSSR count). The van der Waals surface area contributed by atoms with Crippen LogP contribution in [-0.4, -0.2) is 36.8 Å². The maximum absolute atomic E-state index is 8.75. The van der Waals surface area contributed by atoms with Crippen LogP contribution < -0.4 is 4.74 Å². The van der Waals surface area contributed by atoms with Crippen molar-refractivity contribution in [3.8, 4) is 23.7 Å². The Morgan fingerprint density at radius 3 is 2.80 bits per heavy atom. The summed E-state index contributed by atoms with van der Waals surface area (Å²) >= 11 is 0. The molecule has 20 heavy (non-hydrogen) atoms. The first-order valence-corrected chi connectivity index (χ1v) is 6.46. The van der Waals surface area contributed by atoms with Gasteiger partial charge < -0.3 is 9.84 Å². The van der Waals surface area contributed by atoms with Gasteiger partial charge in [0, 0.05) is 23.7 Å². The van der Waals surface area contributed by atoms with Crippen LogP contribution in [-0.2, 0) is 6.54 Å². The quantitative estimate of drug-likeness (QED) is 0.830. The third-order valence-corrected chi connectivity index (χ3v) is 3.15. The third kappa shape index (κ3) is 4.59. The molecule has 1 N–H and O–H groups in total. The van der Waals surface area contributed by atoms with E-state index < -0.39 is 0 Å². The largest absolute Gasteiger partial charge is 0.496 e. The summed E-state index contributed by atoms with van der Waals surface area (Å²) in [5.41, 5.74) is 1.86. The summed E-state index contributed by atoms with van der Waals surface area (Å²) in [5, 5.41) is 17.5. The first-order valence-electron chi connectivity index (χ1n) is 6.46. The van der Waals surface area contributed by atoms with E-state index in [9.17, 15) is 0 Å². The number of aliphatic hydroxyl groups is 1. The van der Waals surface area contributed by atoms with Crippen molar-refractivity contribution in [2.75, 3.05) is 20.8 Å². The maximum atomic E-state index is 8.75. The Bertz CT molecular complexity index is 538. The molecule has 0 aliphatic carbocycles. The molecule has 0 amide bonds. The van der Waals surface area contributed by atoms with E-state index in [-0.39, 0.29) is 12.6 Å². The van der Waals surface area contributed by atoms with Crippen molar-refractivity contribution in [3.63, 3.8) is 0 Å². The molecule has 1 aromatic rings. The van der Waals surface area contributed by atoms with E-state index in [1.807, 2.05) is 32.2 Å². The number of aliphatic hydroxyl groups excluding tert-OH is 1. The van der Waals surface area contributed by atoms with Crippen molar-refractivity contribution in [2.45, 2.75) is 25.9 Å². The van der Waals surface area contributed by atoms with Gasteiger partial charge in [0.1, 0.15) is 12.4 Å². The number of benzene rings is 1. The van der Waals surface area contributed by atoms with Crippen LogP contribution in [0.4, 0.5) is 0 Å². The van der Waals surface area contributed by atoms with Gasteiger partial charge in [-0.05, 0) is 32.2 Å². The molecule has 0 radical (unpaired) electrons. The molecule has 0 aliphatic rings. The smallest absolute Gasteiger partial charge is 0.123 e. The van der Waals surface area contributed by atoms with E-state index >= 15 is 0 Å². The zero-order valence-electron chi connectivity index (χ0n) is 12.2. The first-order chi connectivity index (χ1) is 9.62. The minimum atomic E-state index is -0.152. The summed E-state index contributed by atoms with van der Waals surface area (Å²) in [4.78, 5) is 2.10. The standard InChI is InChI=1S/C16H20N2O2/c1-13(8-9-17)18(2)12-15-11-14(5-4-10-19)6-7-16(15)20-3/h6-7,11,13,19H,8,10,12H2,1-3H3. The van der Waals surface area contributed by atoms with Gasteiger partial charge in [0.15, 0.2) is 0 Å². The first kappa shape index (κ1) is 16.0. The van der Waals surface area contributed by atoms with Gasteiger partial charge >= 0.3 is 0 Å². The molecule has 1 atom stereocenters. The average molecular weight is 272 g/mol. The van der Waals surface area contributed by atoms with E-state index in [2.05, 4.69) is 22.8 Å². The summed E-state index contributed by atoms with van der Waals surface area (Å²) in [5.74, 6) is 6.32. The Morgan fingerprint density at radius 2 is 2.20 bits per heavy atom. The van der Waals surface area contributed by atoms with Gasteiger partial charge in [-0.1, -0.05) is 11.8 Å². The van der Waals surface area contributed by atoms with Crippen molar-refractivity contribution < 1.29 is 9.84 Å². The molecule has 0 saturated heterocycles. The van der Waals surface area contributed by atoms with E-state index in [0.29, 0.717) is 13.0 Å². The molecule has 0 aliphatic heterocycles. The van der Waals surface area contributed by atoms with Crippen molar-refractivity contribution in [1.82, 2.24) is 4.90 Å². The highest BCUT2D eigenvalue weighted by molar-refractivity contribution is 5.44. The van der Waals surface area contributed by atoms with Crippen LogP contribution in [0.15, 0.2) is 18.2 Å². The van der Waals surface area contributed by atoms with E-state index in [1.165, 1.54) is 0 Å². The Hall–Kier alpha value is -2.01. The highest BCUT2D eigenvalue weighted by atomic mass is 16.5. The molecule has 106 valence electrons. The van der Waals surface area contributed by atoms with Crippen LogP contribution in [0.1, 0.15) is 24.5 Å². The molecular weight excluding hydrogens is 252 g/mol. The number of ether oxygens (including phenoxy) is 1. The second kappa shape index (κ2) is 8.22. The summed E-state index contributed by atoms with van der Waals surface area (Å²) < 4.78 is 5.36. The lowest BCUT2D eigenvalue weighted by molar-refractivity contribution is 0.248. The number of rotatable bonds is 5. The lowest BCUT2D eigenvalue weighted by atomic mass is 10.1. The van der Waals surface area contributed by atoms with Crippen molar-refractivity contribution in [2.24, 2.45) is 0 Å². The lowest BCUT2D eigenvalue weighted by Crippen LogP contribution is -2.28. The number of methoxy groups -OCH3 is 1. The van der Waals surface area contributed by atoms with Gasteiger partial charge in [-0.15, -0.1) is 0 Å². The lowest BCUT2D eigenvalue weighted by Gasteiger charge is -2.23. The van der Waals surface area contributed by atoms with Crippen LogP contribution in [0.5, 0.6) is 5.75 Å². The summed E-state index contributed by atoms with van der Waals surface area (Å²) in [6.07, 6.45) is 0.489. The van der Waals surface area contributed by atoms with Gasteiger partial charge in [0.25, 0.3) is 0 Å². The topological polar surface area (TPSA) is 56.5 Å². The van der Waals surface area contributed by atoms with Gasteiger partial charge in [-0.2, -0.15) is 5.26 Å². The van der Waals surface area contributed by atoms with Crippen LogP contribution >= 0.6 is 0 Å². The normalized spacial score (nSPS) is 11.4. The van der Waals surface area contributed by atoms with Gasteiger partial charge in [-0.3, -0.25) is 4.90 Å². The zero-order chi connectivity index (χ0) is 15.0. The molecule has 0 aromatic heterocycles. The highest BCUT2D eigenvalue weighted by Crippen LogP contribution is 2.22. The highest BCUT2D eigenvalue weighted by Gasteiger charge is 2.12. The average Bonchev–Trinajstić information content (AvgIpc) is 2.45. The minimum Gasteiger partial charge on any atom is -0.496 e. The van der Waals surface area contributed by atoms with E-state index in [0.717, 1.165) is 16.9 Å². The van der Waals surface area contributed by atoms with Crippen LogP contribution in [0.25, 0.3) is 0 Å². The number of nitrogens with zero attached hydrogens (tertiary/aromatic N) is 2. The molecule has 0 fully saturated rings. The second-order valence-corrected chi connectivity index (χ2v) is 4.61. The molecule has 0 heterocycles. The van der Waals surface area contributed by atoms with Crippen molar-refractivity contribution >= 4 is 0 Å². The molecule has 1 aromatic carbocycles. The number of hydrogen-bond acceptors (Lipinski definition) is 4. The van der Waals surface area contributed by atoms with Gasteiger partial charge in [-0.25, -0.2) is 0 Å². The molecule has 1 unspecified atom stereocenters. The number of hydrogen-bond donors (Lipinski definition) is 1. The molecule has 0 bridgehead atoms. The van der Waals surface area contributed by atoms with Crippen molar-refractivity contribution in [1.29, 1.82) is 5.26 Å². The van der Waals surface area contributed by atoms with Crippen LogP contribution in [0.2, 0.25) is 0 Å². The Labute approximate surface area is 120 Å². The zero-order valence-corrected chi connectivity index (χ0v) is 12.2. The molecule has 4 nitrogen and oxygen atoms in total. The van der Waals surface area contributed by atoms with Crippen LogP contribution in [0.3, 0.4) is 0 Å². The van der Waals surface area contributed by atoms with E-state index in [1.54, 1.807) is 7.11 Å². The predicted molar refractivity (Wildman–Crippen MR) is 78.1 cm³/mol. The monoisotopic (exact) mass is 272 g/mol. The summed E-state index contributed by atoms with van der Waals surface area (Å²) in [7, 11) is 3.62. The molecule has 0 spiro atoms.